The first kappa shape index (κ1) is 11.9. The van der Waals surface area contributed by atoms with E-state index in [1.54, 1.807) is 6.08 Å². The molecule has 82 valence electrons. The number of aliphatic hydroxyl groups is 1. The number of aliphatic hydroxyl groups excluding tert-OH is 1. The van der Waals surface area contributed by atoms with Crippen LogP contribution in [0.2, 0.25) is 5.02 Å². The summed E-state index contributed by atoms with van der Waals surface area (Å²) >= 11 is 5.85. The fourth-order valence-corrected chi connectivity index (χ4v) is 1.58. The molecule has 0 unspecified atom stereocenters. The molecule has 3 heteroatoms. The third-order valence-electron chi connectivity index (χ3n) is 2.23. The second-order valence-electron chi connectivity index (χ2n) is 3.23. The van der Waals surface area contributed by atoms with E-state index in [0.29, 0.717) is 5.02 Å². The number of rotatable bonds is 4. The Bertz CT molecular complexity index is 345. The van der Waals surface area contributed by atoms with E-state index in [9.17, 15) is 5.11 Å². The molecule has 0 atom stereocenters. The molecule has 1 rings (SSSR count). The summed E-state index contributed by atoms with van der Waals surface area (Å²) in [6.07, 6.45) is 1.72. The van der Waals surface area contributed by atoms with Gasteiger partial charge < -0.3 is 10.0 Å². The van der Waals surface area contributed by atoms with Gasteiger partial charge in [-0.25, -0.2) is 0 Å². The molecule has 0 aromatic heterocycles. The number of hydrogen-bond donors (Lipinski definition) is 1. The molecule has 0 saturated heterocycles. The minimum absolute atomic E-state index is 0.280. The van der Waals surface area contributed by atoms with E-state index in [1.165, 1.54) is 0 Å². The Hall–Kier alpha value is -1.15. The summed E-state index contributed by atoms with van der Waals surface area (Å²) in [6.45, 7) is 5.59. The highest BCUT2D eigenvalue weighted by Gasteiger charge is 2.02. The Morgan fingerprint density at radius 2 is 2.07 bits per heavy atom. The van der Waals surface area contributed by atoms with Crippen LogP contribution in [0.4, 0.5) is 0 Å². The Labute approximate surface area is 95.8 Å². The maximum Gasteiger partial charge on any atom is 0.187 e. The van der Waals surface area contributed by atoms with Crippen molar-refractivity contribution in [2.24, 2.45) is 0 Å². The number of nitrogens with zero attached hydrogens (tertiary/aromatic N) is 1. The standard InChI is InChI=1S/C12H16ClNO/c1-3-14(4-2)12(15)9-10-6-5-7-11(13)8-10/h5-9,15H,3-4H2,1-2H3/b12-9-. The third kappa shape index (κ3) is 3.48. The maximum atomic E-state index is 9.80. The second kappa shape index (κ2) is 5.66. The second-order valence-corrected chi connectivity index (χ2v) is 3.67. The van der Waals surface area contributed by atoms with Gasteiger partial charge in [0.15, 0.2) is 5.88 Å². The van der Waals surface area contributed by atoms with Crippen molar-refractivity contribution < 1.29 is 5.11 Å². The molecule has 0 bridgehead atoms. The summed E-state index contributed by atoms with van der Waals surface area (Å²) < 4.78 is 0. The lowest BCUT2D eigenvalue weighted by atomic mass is 10.2. The van der Waals surface area contributed by atoms with Crippen LogP contribution in [0, 0.1) is 0 Å². The zero-order chi connectivity index (χ0) is 11.3. The molecule has 0 saturated carbocycles. The fraction of sp³-hybridized carbons (Fsp3) is 0.333. The maximum absolute atomic E-state index is 9.80. The lowest BCUT2D eigenvalue weighted by Crippen LogP contribution is -2.21. The van der Waals surface area contributed by atoms with Crippen LogP contribution in [0.1, 0.15) is 19.4 Å². The molecule has 1 aromatic carbocycles. The Balaban J connectivity index is 2.86. The van der Waals surface area contributed by atoms with Crippen LogP contribution in [0.3, 0.4) is 0 Å². The minimum atomic E-state index is 0.280. The SMILES string of the molecule is CCN(CC)/C(O)=C/c1cccc(Cl)c1. The van der Waals surface area contributed by atoms with Crippen LogP contribution in [0.15, 0.2) is 30.1 Å². The third-order valence-corrected chi connectivity index (χ3v) is 2.47. The van der Waals surface area contributed by atoms with Gasteiger partial charge in [0.1, 0.15) is 0 Å². The summed E-state index contributed by atoms with van der Waals surface area (Å²) in [5, 5.41) is 10.5. The van der Waals surface area contributed by atoms with Gasteiger partial charge in [0.25, 0.3) is 0 Å². The molecular weight excluding hydrogens is 210 g/mol. The normalized spacial score (nSPS) is 11.5. The molecule has 0 heterocycles. The first-order valence-electron chi connectivity index (χ1n) is 5.08. The Morgan fingerprint density at radius 3 is 2.60 bits per heavy atom. The summed E-state index contributed by atoms with van der Waals surface area (Å²) in [5.74, 6) is 0.280. The fourth-order valence-electron chi connectivity index (χ4n) is 1.38. The summed E-state index contributed by atoms with van der Waals surface area (Å²) in [7, 11) is 0. The van der Waals surface area contributed by atoms with Gasteiger partial charge in [0.2, 0.25) is 0 Å². The molecule has 1 aromatic rings. The van der Waals surface area contributed by atoms with Gasteiger partial charge in [0.05, 0.1) is 0 Å². The molecule has 0 radical (unpaired) electrons. The van der Waals surface area contributed by atoms with Gasteiger partial charge in [-0.15, -0.1) is 0 Å². The van der Waals surface area contributed by atoms with Crippen molar-refractivity contribution in [1.29, 1.82) is 0 Å². The zero-order valence-corrected chi connectivity index (χ0v) is 9.83. The summed E-state index contributed by atoms with van der Waals surface area (Å²) in [6, 6.07) is 7.41. The van der Waals surface area contributed by atoms with Gasteiger partial charge in [-0.3, -0.25) is 0 Å². The smallest absolute Gasteiger partial charge is 0.187 e. The highest BCUT2D eigenvalue weighted by atomic mass is 35.5. The van der Waals surface area contributed by atoms with E-state index in [1.807, 2.05) is 43.0 Å². The molecule has 15 heavy (non-hydrogen) atoms. The highest BCUT2D eigenvalue weighted by Crippen LogP contribution is 2.14. The van der Waals surface area contributed by atoms with Gasteiger partial charge in [-0.2, -0.15) is 0 Å². The monoisotopic (exact) mass is 225 g/mol. The molecule has 0 aliphatic rings. The molecule has 0 aliphatic carbocycles. The van der Waals surface area contributed by atoms with Crippen molar-refractivity contribution in [1.82, 2.24) is 4.90 Å². The van der Waals surface area contributed by atoms with E-state index >= 15 is 0 Å². The van der Waals surface area contributed by atoms with E-state index in [2.05, 4.69) is 0 Å². The van der Waals surface area contributed by atoms with Crippen LogP contribution in [-0.2, 0) is 0 Å². The van der Waals surface area contributed by atoms with E-state index < -0.39 is 0 Å². The largest absolute Gasteiger partial charge is 0.495 e. The van der Waals surface area contributed by atoms with Crippen LogP contribution < -0.4 is 0 Å². The molecular formula is C12H16ClNO. The van der Waals surface area contributed by atoms with Crippen molar-refractivity contribution in [3.05, 3.63) is 40.7 Å². The zero-order valence-electron chi connectivity index (χ0n) is 9.07. The summed E-state index contributed by atoms with van der Waals surface area (Å²) in [4.78, 5) is 1.88. The van der Waals surface area contributed by atoms with Crippen LogP contribution in [0.5, 0.6) is 0 Å². The Morgan fingerprint density at radius 1 is 1.40 bits per heavy atom. The van der Waals surface area contributed by atoms with E-state index in [4.69, 9.17) is 11.6 Å². The number of halogens is 1. The molecule has 0 amide bonds. The van der Waals surface area contributed by atoms with Gasteiger partial charge in [-0.1, -0.05) is 23.7 Å². The van der Waals surface area contributed by atoms with Gasteiger partial charge in [-0.05, 0) is 31.5 Å². The van der Waals surface area contributed by atoms with Crippen LogP contribution >= 0.6 is 11.6 Å². The van der Waals surface area contributed by atoms with Gasteiger partial charge in [0, 0.05) is 24.2 Å². The van der Waals surface area contributed by atoms with Crippen molar-refractivity contribution in [3.63, 3.8) is 0 Å². The van der Waals surface area contributed by atoms with Crippen molar-refractivity contribution in [3.8, 4) is 0 Å². The average Bonchev–Trinajstić information content (AvgIpc) is 2.19. The van der Waals surface area contributed by atoms with E-state index in [-0.39, 0.29) is 5.88 Å². The molecule has 0 fully saturated rings. The first-order chi connectivity index (χ1) is 7.17. The Kier molecular flexibility index (Phi) is 4.50. The number of benzene rings is 1. The predicted octanol–water partition coefficient (Wildman–Crippen LogP) is 3.54. The lowest BCUT2D eigenvalue weighted by molar-refractivity contribution is 0.221. The van der Waals surface area contributed by atoms with Gasteiger partial charge >= 0.3 is 0 Å². The predicted molar refractivity (Wildman–Crippen MR) is 65.0 cm³/mol. The summed E-state index contributed by atoms with van der Waals surface area (Å²) in [5.41, 5.74) is 0.909. The quantitative estimate of drug-likeness (QED) is 0.793. The average molecular weight is 226 g/mol. The minimum Gasteiger partial charge on any atom is -0.495 e. The topological polar surface area (TPSA) is 23.5 Å². The van der Waals surface area contributed by atoms with Crippen molar-refractivity contribution in [2.75, 3.05) is 13.1 Å². The highest BCUT2D eigenvalue weighted by molar-refractivity contribution is 6.30. The molecule has 2 nitrogen and oxygen atoms in total. The molecule has 1 N–H and O–H groups in total. The van der Waals surface area contributed by atoms with E-state index in [0.717, 1.165) is 18.7 Å². The number of hydrogen-bond acceptors (Lipinski definition) is 2. The molecule has 0 spiro atoms. The van der Waals surface area contributed by atoms with Crippen molar-refractivity contribution >= 4 is 17.7 Å². The van der Waals surface area contributed by atoms with Crippen molar-refractivity contribution in [2.45, 2.75) is 13.8 Å². The van der Waals surface area contributed by atoms with Crippen LogP contribution in [-0.4, -0.2) is 23.1 Å². The van der Waals surface area contributed by atoms with Crippen LogP contribution in [0.25, 0.3) is 6.08 Å². The first-order valence-corrected chi connectivity index (χ1v) is 5.46. The molecule has 0 aliphatic heterocycles. The lowest BCUT2D eigenvalue weighted by Gasteiger charge is -2.19.